The Morgan fingerprint density at radius 2 is 1.84 bits per heavy atom. The SMILES string of the molecule is Cc1cccc(C(N)c2csc3ccccc23)c1I. The number of hydrogen-bond donors (Lipinski definition) is 1. The van der Waals surface area contributed by atoms with E-state index in [2.05, 4.69) is 77.4 Å². The summed E-state index contributed by atoms with van der Waals surface area (Å²) in [5, 5.41) is 3.46. The van der Waals surface area contributed by atoms with Crippen LogP contribution >= 0.6 is 33.9 Å². The Hall–Kier alpha value is -0.910. The number of aryl methyl sites for hydroxylation is 1. The van der Waals surface area contributed by atoms with Gasteiger partial charge in [0.05, 0.1) is 6.04 Å². The van der Waals surface area contributed by atoms with Crippen LogP contribution in [0.25, 0.3) is 10.1 Å². The van der Waals surface area contributed by atoms with Gasteiger partial charge in [0.15, 0.2) is 0 Å². The molecule has 3 rings (SSSR count). The number of benzene rings is 2. The van der Waals surface area contributed by atoms with Crippen molar-refractivity contribution < 1.29 is 0 Å². The Morgan fingerprint density at radius 3 is 2.68 bits per heavy atom. The van der Waals surface area contributed by atoms with E-state index in [1.54, 1.807) is 11.3 Å². The first-order valence-corrected chi connectivity index (χ1v) is 8.11. The van der Waals surface area contributed by atoms with Crippen LogP contribution in [-0.2, 0) is 0 Å². The van der Waals surface area contributed by atoms with E-state index in [1.807, 2.05) is 0 Å². The van der Waals surface area contributed by atoms with Gasteiger partial charge in [0.1, 0.15) is 0 Å². The van der Waals surface area contributed by atoms with Gasteiger partial charge in [-0.3, -0.25) is 0 Å². The molecule has 3 heteroatoms. The summed E-state index contributed by atoms with van der Waals surface area (Å²) in [7, 11) is 0. The van der Waals surface area contributed by atoms with Crippen molar-refractivity contribution in [3.8, 4) is 0 Å². The molecule has 0 aliphatic rings. The van der Waals surface area contributed by atoms with Gasteiger partial charge in [-0.25, -0.2) is 0 Å². The lowest BCUT2D eigenvalue weighted by Crippen LogP contribution is -2.13. The summed E-state index contributed by atoms with van der Waals surface area (Å²) in [5.74, 6) is 0. The molecule has 0 bridgehead atoms. The minimum absolute atomic E-state index is 0.0528. The lowest BCUT2D eigenvalue weighted by molar-refractivity contribution is 0.875. The Kier molecular flexibility index (Phi) is 3.60. The Morgan fingerprint density at radius 1 is 1.05 bits per heavy atom. The van der Waals surface area contributed by atoms with E-state index in [0.29, 0.717) is 0 Å². The molecule has 2 N–H and O–H groups in total. The predicted octanol–water partition coefficient (Wildman–Crippen LogP) is 4.86. The average Bonchev–Trinajstić information content (AvgIpc) is 2.85. The molecule has 0 radical (unpaired) electrons. The molecule has 3 aromatic rings. The molecule has 1 aromatic heterocycles. The quantitative estimate of drug-likeness (QED) is 0.633. The van der Waals surface area contributed by atoms with Crippen LogP contribution < -0.4 is 5.73 Å². The monoisotopic (exact) mass is 379 g/mol. The van der Waals surface area contributed by atoms with Crippen molar-refractivity contribution in [2.75, 3.05) is 0 Å². The van der Waals surface area contributed by atoms with E-state index in [-0.39, 0.29) is 6.04 Å². The second-order valence-corrected chi connectivity index (χ2v) is 6.63. The van der Waals surface area contributed by atoms with Crippen LogP contribution in [0.5, 0.6) is 0 Å². The van der Waals surface area contributed by atoms with Crippen LogP contribution in [-0.4, -0.2) is 0 Å². The Balaban J connectivity index is 2.13. The minimum Gasteiger partial charge on any atom is -0.320 e. The predicted molar refractivity (Wildman–Crippen MR) is 91.8 cm³/mol. The van der Waals surface area contributed by atoms with Gasteiger partial charge in [-0.2, -0.15) is 0 Å². The normalized spacial score (nSPS) is 12.8. The van der Waals surface area contributed by atoms with Crippen LogP contribution in [0, 0.1) is 10.5 Å². The molecule has 1 nitrogen and oxygen atoms in total. The highest BCUT2D eigenvalue weighted by Gasteiger charge is 2.16. The molecule has 0 amide bonds. The molecule has 1 atom stereocenters. The van der Waals surface area contributed by atoms with Crippen LogP contribution in [0.2, 0.25) is 0 Å². The molecular formula is C16H14INS. The molecule has 2 aromatic carbocycles. The van der Waals surface area contributed by atoms with Crippen molar-refractivity contribution in [3.05, 3.63) is 68.1 Å². The van der Waals surface area contributed by atoms with Gasteiger partial charge < -0.3 is 5.73 Å². The van der Waals surface area contributed by atoms with E-state index in [0.717, 1.165) is 0 Å². The van der Waals surface area contributed by atoms with Gasteiger partial charge in [-0.1, -0.05) is 36.4 Å². The number of fused-ring (bicyclic) bond motifs is 1. The molecule has 96 valence electrons. The molecule has 0 aliphatic carbocycles. The summed E-state index contributed by atoms with van der Waals surface area (Å²) < 4.78 is 2.57. The topological polar surface area (TPSA) is 26.0 Å². The molecule has 0 saturated carbocycles. The van der Waals surface area contributed by atoms with Gasteiger partial charge >= 0.3 is 0 Å². The zero-order valence-electron chi connectivity index (χ0n) is 10.6. The molecule has 0 fully saturated rings. The van der Waals surface area contributed by atoms with Crippen LogP contribution in [0.15, 0.2) is 47.8 Å². The Labute approximate surface area is 130 Å². The molecule has 1 heterocycles. The number of nitrogens with two attached hydrogens (primary N) is 1. The lowest BCUT2D eigenvalue weighted by atomic mass is 9.98. The molecule has 19 heavy (non-hydrogen) atoms. The highest BCUT2D eigenvalue weighted by molar-refractivity contribution is 14.1. The Bertz CT molecular complexity index is 732. The maximum Gasteiger partial charge on any atom is 0.0576 e. The first-order valence-electron chi connectivity index (χ1n) is 6.15. The largest absolute Gasteiger partial charge is 0.320 e. The fourth-order valence-corrected chi connectivity index (χ4v) is 4.01. The molecule has 0 spiro atoms. The van der Waals surface area contributed by atoms with E-state index < -0.39 is 0 Å². The summed E-state index contributed by atoms with van der Waals surface area (Å²) in [4.78, 5) is 0. The third-order valence-electron chi connectivity index (χ3n) is 3.40. The maximum absolute atomic E-state index is 6.50. The highest BCUT2D eigenvalue weighted by atomic mass is 127. The van der Waals surface area contributed by atoms with Gasteiger partial charge in [-0.05, 0) is 63.0 Å². The van der Waals surface area contributed by atoms with Gasteiger partial charge in [0, 0.05) is 8.27 Å². The summed E-state index contributed by atoms with van der Waals surface area (Å²) in [6.07, 6.45) is 0. The van der Waals surface area contributed by atoms with Crippen molar-refractivity contribution in [3.63, 3.8) is 0 Å². The van der Waals surface area contributed by atoms with E-state index in [4.69, 9.17) is 5.73 Å². The fourth-order valence-electron chi connectivity index (χ4n) is 2.32. The van der Waals surface area contributed by atoms with Crippen LogP contribution in [0.3, 0.4) is 0 Å². The second kappa shape index (κ2) is 5.23. The first-order chi connectivity index (χ1) is 9.18. The second-order valence-electron chi connectivity index (χ2n) is 4.64. The number of hydrogen-bond acceptors (Lipinski definition) is 2. The average molecular weight is 379 g/mol. The third kappa shape index (κ3) is 2.30. The van der Waals surface area contributed by atoms with Gasteiger partial charge in [-0.15, -0.1) is 11.3 Å². The van der Waals surface area contributed by atoms with Crippen molar-refractivity contribution in [1.29, 1.82) is 0 Å². The summed E-state index contributed by atoms with van der Waals surface area (Å²) >= 11 is 4.16. The standard InChI is InChI=1S/C16H14INS/c1-10-5-4-7-12(15(10)17)16(18)13-9-19-14-8-3-2-6-11(13)14/h2-9,16H,18H2,1H3. The molecule has 1 unspecified atom stereocenters. The maximum atomic E-state index is 6.50. The smallest absolute Gasteiger partial charge is 0.0576 e. The first kappa shape index (κ1) is 13.1. The highest BCUT2D eigenvalue weighted by Crippen LogP contribution is 2.34. The number of thiophene rings is 1. The van der Waals surface area contributed by atoms with E-state index >= 15 is 0 Å². The van der Waals surface area contributed by atoms with Gasteiger partial charge in [0.25, 0.3) is 0 Å². The van der Waals surface area contributed by atoms with Crippen LogP contribution in [0.4, 0.5) is 0 Å². The van der Waals surface area contributed by atoms with Crippen molar-refractivity contribution in [1.82, 2.24) is 0 Å². The van der Waals surface area contributed by atoms with Crippen molar-refractivity contribution in [2.45, 2.75) is 13.0 Å². The van der Waals surface area contributed by atoms with Crippen molar-refractivity contribution in [2.24, 2.45) is 5.73 Å². The number of rotatable bonds is 2. The summed E-state index contributed by atoms with van der Waals surface area (Å²) in [6, 6.07) is 14.7. The molecular weight excluding hydrogens is 365 g/mol. The summed E-state index contributed by atoms with van der Waals surface area (Å²) in [5.41, 5.74) is 10.2. The summed E-state index contributed by atoms with van der Waals surface area (Å²) in [6.45, 7) is 2.13. The number of halogens is 1. The zero-order valence-corrected chi connectivity index (χ0v) is 13.5. The van der Waals surface area contributed by atoms with E-state index in [9.17, 15) is 0 Å². The molecule has 0 aliphatic heterocycles. The minimum atomic E-state index is -0.0528. The molecule has 0 saturated heterocycles. The third-order valence-corrected chi connectivity index (χ3v) is 5.86. The zero-order chi connectivity index (χ0) is 13.4. The van der Waals surface area contributed by atoms with Gasteiger partial charge in [0.2, 0.25) is 0 Å². The van der Waals surface area contributed by atoms with Crippen molar-refractivity contribution >= 4 is 44.0 Å². The fraction of sp³-hybridized carbons (Fsp3) is 0.125. The van der Waals surface area contributed by atoms with Crippen LogP contribution in [0.1, 0.15) is 22.7 Å². The lowest BCUT2D eigenvalue weighted by Gasteiger charge is -2.15. The van der Waals surface area contributed by atoms with E-state index in [1.165, 1.54) is 30.3 Å².